The zero-order valence-electron chi connectivity index (χ0n) is 19.7. The molecule has 0 atom stereocenters. The van der Waals surface area contributed by atoms with Crippen molar-refractivity contribution in [2.45, 2.75) is 25.8 Å². The number of nitrogens with one attached hydrogen (secondary N) is 2. The van der Waals surface area contributed by atoms with Gasteiger partial charge in [-0.25, -0.2) is 0 Å². The summed E-state index contributed by atoms with van der Waals surface area (Å²) in [6, 6.07) is 10.3. The summed E-state index contributed by atoms with van der Waals surface area (Å²) >= 11 is 0. The van der Waals surface area contributed by atoms with E-state index in [1.54, 1.807) is 18.7 Å². The summed E-state index contributed by atoms with van der Waals surface area (Å²) < 4.78 is 5.28. The zero-order chi connectivity index (χ0) is 23.9. The second kappa shape index (κ2) is 8.73. The van der Waals surface area contributed by atoms with Crippen LogP contribution in [-0.2, 0) is 6.54 Å². The summed E-state index contributed by atoms with van der Waals surface area (Å²) in [6.45, 7) is 3.26. The van der Waals surface area contributed by atoms with Gasteiger partial charge in [0.2, 0.25) is 0 Å². The van der Waals surface area contributed by atoms with E-state index in [2.05, 4.69) is 48.2 Å². The molecule has 0 amide bonds. The second-order valence-electron chi connectivity index (χ2n) is 9.42. The van der Waals surface area contributed by atoms with Gasteiger partial charge in [-0.1, -0.05) is 6.42 Å². The van der Waals surface area contributed by atoms with Crippen molar-refractivity contribution in [1.29, 1.82) is 0 Å². The lowest BCUT2D eigenvalue weighted by Gasteiger charge is -2.26. The van der Waals surface area contributed by atoms with Gasteiger partial charge in [0.05, 0.1) is 41.3 Å². The minimum absolute atomic E-state index is 0.848. The van der Waals surface area contributed by atoms with Crippen molar-refractivity contribution in [2.75, 3.05) is 13.1 Å². The van der Waals surface area contributed by atoms with E-state index in [-0.39, 0.29) is 0 Å². The third kappa shape index (κ3) is 3.76. The molecule has 7 heterocycles. The lowest BCUT2D eigenvalue weighted by molar-refractivity contribution is 0.220. The number of hydrogen-bond donors (Lipinski definition) is 2. The van der Waals surface area contributed by atoms with Crippen molar-refractivity contribution in [3.05, 3.63) is 73.2 Å². The highest BCUT2D eigenvalue weighted by Crippen LogP contribution is 2.34. The quantitative estimate of drug-likeness (QED) is 0.326. The molecular weight excluding hydrogens is 450 g/mol. The van der Waals surface area contributed by atoms with E-state index in [9.17, 15) is 0 Å². The van der Waals surface area contributed by atoms with Crippen LogP contribution >= 0.6 is 0 Å². The Morgan fingerprint density at radius 2 is 1.78 bits per heavy atom. The maximum atomic E-state index is 5.28. The van der Waals surface area contributed by atoms with Gasteiger partial charge in [0.1, 0.15) is 5.69 Å². The number of likely N-dealkylation sites (tertiary alicyclic amines) is 1. The number of nitrogens with zero attached hydrogens (tertiary/aromatic N) is 5. The van der Waals surface area contributed by atoms with Crippen molar-refractivity contribution in [3.63, 3.8) is 0 Å². The van der Waals surface area contributed by atoms with Gasteiger partial charge in [-0.3, -0.25) is 25.0 Å². The molecule has 8 heteroatoms. The first-order chi connectivity index (χ1) is 17.8. The molecule has 0 radical (unpaired) electrons. The molecule has 36 heavy (non-hydrogen) atoms. The average molecular weight is 476 g/mol. The van der Waals surface area contributed by atoms with Crippen LogP contribution < -0.4 is 0 Å². The van der Waals surface area contributed by atoms with Crippen LogP contribution in [0.2, 0.25) is 0 Å². The third-order valence-corrected chi connectivity index (χ3v) is 6.99. The fraction of sp³-hybridized carbons (Fsp3) is 0.214. The molecule has 6 aromatic heterocycles. The average Bonchev–Trinajstić information content (AvgIpc) is 3.68. The van der Waals surface area contributed by atoms with E-state index >= 15 is 0 Å². The molecule has 178 valence electrons. The zero-order valence-corrected chi connectivity index (χ0v) is 19.7. The Morgan fingerprint density at radius 3 is 2.67 bits per heavy atom. The number of aromatic amines is 2. The number of rotatable bonds is 5. The van der Waals surface area contributed by atoms with Crippen LogP contribution in [0.15, 0.2) is 72.1 Å². The predicted molar refractivity (Wildman–Crippen MR) is 139 cm³/mol. The molecule has 6 aromatic rings. The van der Waals surface area contributed by atoms with E-state index in [1.807, 2.05) is 30.7 Å². The molecule has 2 N–H and O–H groups in total. The van der Waals surface area contributed by atoms with E-state index in [0.717, 1.165) is 75.3 Å². The van der Waals surface area contributed by atoms with Gasteiger partial charge in [0, 0.05) is 52.6 Å². The molecule has 0 aromatic carbocycles. The van der Waals surface area contributed by atoms with E-state index < -0.39 is 0 Å². The Kier molecular flexibility index (Phi) is 5.10. The summed E-state index contributed by atoms with van der Waals surface area (Å²) in [5, 5.41) is 9.78. The summed E-state index contributed by atoms with van der Waals surface area (Å²) in [4.78, 5) is 19.8. The lowest BCUT2D eigenvalue weighted by atomic mass is 10.1. The standard InChI is InChI=1S/C28H25N7O/c1-2-7-35(8-3-1)16-18-10-20(14-29-13-18)24-11-22-26(15-31-24)33-34-28(22)25-12-21-23(32-25)4-6-30-27(21)19-5-9-36-17-19/h4-6,9-15,17,32H,1-3,7-8,16H2,(H,33,34). The summed E-state index contributed by atoms with van der Waals surface area (Å²) in [5.74, 6) is 0. The molecule has 0 bridgehead atoms. The van der Waals surface area contributed by atoms with Crippen LogP contribution in [0.5, 0.6) is 0 Å². The molecule has 8 nitrogen and oxygen atoms in total. The number of H-pyrrole nitrogens is 2. The minimum Gasteiger partial charge on any atom is -0.472 e. The summed E-state index contributed by atoms with van der Waals surface area (Å²) in [5.41, 5.74) is 8.59. The fourth-order valence-electron chi connectivity index (χ4n) is 5.18. The minimum atomic E-state index is 0.848. The monoisotopic (exact) mass is 475 g/mol. The Balaban J connectivity index is 1.26. The van der Waals surface area contributed by atoms with Gasteiger partial charge in [-0.15, -0.1) is 0 Å². The van der Waals surface area contributed by atoms with Crippen molar-refractivity contribution >= 4 is 21.8 Å². The van der Waals surface area contributed by atoms with Gasteiger partial charge in [-0.05, 0) is 61.8 Å². The molecule has 1 saturated heterocycles. The van der Waals surface area contributed by atoms with E-state index in [1.165, 1.54) is 24.8 Å². The molecular formula is C28H25N7O. The first kappa shape index (κ1) is 21.0. The van der Waals surface area contributed by atoms with Crippen LogP contribution in [0.25, 0.3) is 55.7 Å². The van der Waals surface area contributed by atoms with Crippen molar-refractivity contribution < 1.29 is 4.42 Å². The van der Waals surface area contributed by atoms with E-state index in [4.69, 9.17) is 9.40 Å². The largest absolute Gasteiger partial charge is 0.472 e. The number of fused-ring (bicyclic) bond motifs is 2. The van der Waals surface area contributed by atoms with Crippen molar-refractivity contribution in [3.8, 4) is 33.9 Å². The van der Waals surface area contributed by atoms with Gasteiger partial charge in [0.15, 0.2) is 0 Å². The van der Waals surface area contributed by atoms with Crippen LogP contribution in [0, 0.1) is 0 Å². The molecule has 0 unspecified atom stereocenters. The SMILES string of the molecule is c1cc2[nH]c(-c3n[nH]c4cnc(-c5cncc(CN6CCCCC6)c5)cc34)cc2c(-c2ccoc2)n1. The summed E-state index contributed by atoms with van der Waals surface area (Å²) in [6.07, 6.45) is 14.8. The Labute approximate surface area is 207 Å². The van der Waals surface area contributed by atoms with Crippen molar-refractivity contribution in [1.82, 2.24) is 35.0 Å². The third-order valence-electron chi connectivity index (χ3n) is 6.99. The fourth-order valence-corrected chi connectivity index (χ4v) is 5.18. The molecule has 0 aliphatic carbocycles. The van der Waals surface area contributed by atoms with Gasteiger partial charge >= 0.3 is 0 Å². The highest BCUT2D eigenvalue weighted by atomic mass is 16.3. The highest BCUT2D eigenvalue weighted by Gasteiger charge is 2.16. The number of aromatic nitrogens is 6. The van der Waals surface area contributed by atoms with Crippen LogP contribution in [-0.4, -0.2) is 48.1 Å². The summed E-state index contributed by atoms with van der Waals surface area (Å²) in [7, 11) is 0. The van der Waals surface area contributed by atoms with Gasteiger partial charge in [0.25, 0.3) is 0 Å². The predicted octanol–water partition coefficient (Wildman–Crippen LogP) is 5.81. The Morgan fingerprint density at radius 1 is 0.861 bits per heavy atom. The number of furan rings is 1. The number of hydrogen-bond acceptors (Lipinski definition) is 6. The molecule has 0 spiro atoms. The highest BCUT2D eigenvalue weighted by molar-refractivity contribution is 6.00. The molecule has 1 fully saturated rings. The second-order valence-corrected chi connectivity index (χ2v) is 9.42. The van der Waals surface area contributed by atoms with Gasteiger partial charge in [-0.2, -0.15) is 5.10 Å². The first-order valence-electron chi connectivity index (χ1n) is 12.3. The Hall–Kier alpha value is -4.30. The normalized spacial score (nSPS) is 14.7. The van der Waals surface area contributed by atoms with E-state index in [0.29, 0.717) is 0 Å². The Bertz CT molecular complexity index is 1660. The lowest BCUT2D eigenvalue weighted by Crippen LogP contribution is -2.29. The first-order valence-corrected chi connectivity index (χ1v) is 12.3. The molecule has 1 aliphatic heterocycles. The van der Waals surface area contributed by atoms with Crippen LogP contribution in [0.4, 0.5) is 0 Å². The molecule has 7 rings (SSSR count). The number of pyridine rings is 3. The topological polar surface area (TPSA) is 99.5 Å². The van der Waals surface area contributed by atoms with Crippen LogP contribution in [0.3, 0.4) is 0 Å². The number of piperidine rings is 1. The molecule has 1 aliphatic rings. The maximum Gasteiger partial charge on any atom is 0.116 e. The van der Waals surface area contributed by atoms with Crippen molar-refractivity contribution in [2.24, 2.45) is 0 Å². The smallest absolute Gasteiger partial charge is 0.116 e. The van der Waals surface area contributed by atoms with Gasteiger partial charge < -0.3 is 9.40 Å². The maximum absolute atomic E-state index is 5.28. The van der Waals surface area contributed by atoms with Crippen LogP contribution in [0.1, 0.15) is 24.8 Å². The molecule has 0 saturated carbocycles.